The number of aromatic nitrogens is 4. The van der Waals surface area contributed by atoms with E-state index in [1.807, 2.05) is 24.4 Å². The first-order valence-electron chi connectivity index (χ1n) is 6.39. The molecule has 0 unspecified atom stereocenters. The number of aryl methyl sites for hydroxylation is 1. The molecule has 2 rings (SSSR count). The normalized spacial score (nSPS) is 10.6. The molecule has 1 amide bonds. The maximum Gasteiger partial charge on any atom is 0.221 e. The van der Waals surface area contributed by atoms with E-state index in [2.05, 4.69) is 25.8 Å². The van der Waals surface area contributed by atoms with Crippen LogP contribution in [0.3, 0.4) is 0 Å². The topological polar surface area (TPSA) is 84.2 Å². The third kappa shape index (κ3) is 3.18. The zero-order valence-electron chi connectivity index (χ0n) is 11.2. The molecule has 2 aromatic rings. The van der Waals surface area contributed by atoms with Crippen molar-refractivity contribution >= 4 is 17.4 Å². The lowest BCUT2D eigenvalue weighted by Crippen LogP contribution is -2.26. The Hall–Kier alpha value is -2.18. The van der Waals surface area contributed by atoms with Gasteiger partial charge in [-0.05, 0) is 13.3 Å². The number of hydrogen-bond acceptors (Lipinski definition) is 5. The molecule has 0 radical (unpaired) electrons. The van der Waals surface area contributed by atoms with Crippen LogP contribution in [0, 0.1) is 6.92 Å². The lowest BCUT2D eigenvalue weighted by Gasteiger charge is -2.06. The van der Waals surface area contributed by atoms with Gasteiger partial charge in [0.05, 0.1) is 0 Å². The zero-order chi connectivity index (χ0) is 13.7. The minimum Gasteiger partial charge on any atom is -0.366 e. The molecule has 0 saturated heterocycles. The summed E-state index contributed by atoms with van der Waals surface area (Å²) in [5.74, 6) is 1.49. The van der Waals surface area contributed by atoms with Gasteiger partial charge >= 0.3 is 0 Å². The van der Waals surface area contributed by atoms with E-state index >= 15 is 0 Å². The van der Waals surface area contributed by atoms with Crippen molar-refractivity contribution < 1.29 is 4.79 Å². The van der Waals surface area contributed by atoms with E-state index in [1.54, 1.807) is 6.20 Å². The second-order valence-electron chi connectivity index (χ2n) is 4.24. The van der Waals surface area contributed by atoms with E-state index in [-0.39, 0.29) is 5.91 Å². The van der Waals surface area contributed by atoms with Crippen LogP contribution < -0.4 is 10.6 Å². The molecule has 102 valence electrons. The Morgan fingerprint density at radius 1 is 1.37 bits per heavy atom. The molecule has 0 saturated carbocycles. The van der Waals surface area contributed by atoms with Gasteiger partial charge in [-0.15, -0.1) is 10.2 Å². The van der Waals surface area contributed by atoms with E-state index in [0.29, 0.717) is 24.4 Å². The Bertz CT molecular complexity index is 564. The Morgan fingerprint density at radius 2 is 2.21 bits per heavy atom. The van der Waals surface area contributed by atoms with Gasteiger partial charge in [0.25, 0.3) is 0 Å². The van der Waals surface area contributed by atoms with Gasteiger partial charge in [-0.2, -0.15) is 0 Å². The zero-order valence-corrected chi connectivity index (χ0v) is 11.2. The fourth-order valence-corrected chi connectivity index (χ4v) is 1.71. The number of amides is 1. The first kappa shape index (κ1) is 13.3. The molecular formula is C12H18N6O. The van der Waals surface area contributed by atoms with Crippen LogP contribution in [0.15, 0.2) is 12.4 Å². The number of carbonyl (C=O) groups excluding carboxylic acids is 1. The fourth-order valence-electron chi connectivity index (χ4n) is 1.71. The van der Waals surface area contributed by atoms with Crippen LogP contribution in [-0.2, 0) is 4.79 Å². The first-order valence-corrected chi connectivity index (χ1v) is 6.39. The van der Waals surface area contributed by atoms with Crippen molar-refractivity contribution in [2.75, 3.05) is 18.4 Å². The largest absolute Gasteiger partial charge is 0.366 e. The molecule has 0 spiro atoms. The number of nitrogens with one attached hydrogen (secondary N) is 2. The second kappa shape index (κ2) is 6.12. The summed E-state index contributed by atoms with van der Waals surface area (Å²) in [6.07, 6.45) is 4.85. The number of rotatable bonds is 6. The van der Waals surface area contributed by atoms with Crippen LogP contribution in [0.2, 0.25) is 0 Å². The quantitative estimate of drug-likeness (QED) is 0.803. The lowest BCUT2D eigenvalue weighted by atomic mass is 10.3. The molecule has 0 fully saturated rings. The van der Waals surface area contributed by atoms with Gasteiger partial charge in [-0.1, -0.05) is 6.92 Å². The molecule has 0 atom stereocenters. The van der Waals surface area contributed by atoms with Crippen molar-refractivity contribution in [1.82, 2.24) is 24.9 Å². The highest BCUT2D eigenvalue weighted by atomic mass is 16.1. The Morgan fingerprint density at radius 3 is 3.00 bits per heavy atom. The highest BCUT2D eigenvalue weighted by Crippen LogP contribution is 2.11. The fraction of sp³-hybridized carbons (Fsp3) is 0.500. The standard InChI is InChI=1S/C12H18N6O/c1-3-5-13-10(19)4-6-14-11-12-17-16-9(2)18(12)8-7-15-11/h7-8H,3-6H2,1-2H3,(H,13,19)(H,14,15). The number of nitrogens with zero attached hydrogens (tertiary/aromatic N) is 4. The van der Waals surface area contributed by atoms with E-state index < -0.39 is 0 Å². The van der Waals surface area contributed by atoms with Crippen LogP contribution in [0.1, 0.15) is 25.6 Å². The Labute approximate surface area is 111 Å². The minimum atomic E-state index is 0.0407. The van der Waals surface area contributed by atoms with Crippen LogP contribution in [0.25, 0.3) is 5.65 Å². The SMILES string of the molecule is CCCNC(=O)CCNc1nccn2c(C)nnc12. The van der Waals surface area contributed by atoms with Crippen molar-refractivity contribution in [2.24, 2.45) is 0 Å². The molecule has 7 heteroatoms. The average molecular weight is 262 g/mol. The Kier molecular flexibility index (Phi) is 4.27. The summed E-state index contributed by atoms with van der Waals surface area (Å²) in [5, 5.41) is 14.0. The van der Waals surface area contributed by atoms with Gasteiger partial charge in [0.1, 0.15) is 5.82 Å². The summed E-state index contributed by atoms with van der Waals surface area (Å²) in [5.41, 5.74) is 0.675. The number of carbonyl (C=O) groups is 1. The van der Waals surface area contributed by atoms with Crippen LogP contribution in [0.4, 0.5) is 5.82 Å². The average Bonchev–Trinajstić information content (AvgIpc) is 2.79. The van der Waals surface area contributed by atoms with Crippen LogP contribution in [-0.4, -0.2) is 38.6 Å². The van der Waals surface area contributed by atoms with Crippen LogP contribution in [0.5, 0.6) is 0 Å². The van der Waals surface area contributed by atoms with Gasteiger partial charge in [0.15, 0.2) is 5.82 Å². The van der Waals surface area contributed by atoms with Gasteiger partial charge in [-0.25, -0.2) is 4.98 Å². The third-order valence-corrected chi connectivity index (χ3v) is 2.71. The molecule has 2 aromatic heterocycles. The van der Waals surface area contributed by atoms with Crippen LogP contribution >= 0.6 is 0 Å². The summed E-state index contributed by atoms with van der Waals surface area (Å²) >= 11 is 0. The number of anilines is 1. The predicted molar refractivity (Wildman–Crippen MR) is 71.9 cm³/mol. The molecule has 0 aliphatic heterocycles. The predicted octanol–water partition coefficient (Wildman–Crippen LogP) is 0.761. The highest BCUT2D eigenvalue weighted by Gasteiger charge is 2.07. The Balaban J connectivity index is 1.93. The molecule has 0 aliphatic carbocycles. The highest BCUT2D eigenvalue weighted by molar-refractivity contribution is 5.76. The van der Waals surface area contributed by atoms with Crippen molar-refractivity contribution in [3.8, 4) is 0 Å². The van der Waals surface area contributed by atoms with Crippen molar-refractivity contribution in [1.29, 1.82) is 0 Å². The van der Waals surface area contributed by atoms with Crippen molar-refractivity contribution in [3.05, 3.63) is 18.2 Å². The molecule has 2 heterocycles. The monoisotopic (exact) mass is 262 g/mol. The summed E-state index contributed by atoms with van der Waals surface area (Å²) < 4.78 is 1.85. The van der Waals surface area contributed by atoms with Crippen molar-refractivity contribution in [2.45, 2.75) is 26.7 Å². The van der Waals surface area contributed by atoms with E-state index in [4.69, 9.17) is 0 Å². The maximum atomic E-state index is 11.5. The van der Waals surface area contributed by atoms with Gasteiger partial charge < -0.3 is 10.6 Å². The summed E-state index contributed by atoms with van der Waals surface area (Å²) in [4.78, 5) is 15.7. The second-order valence-corrected chi connectivity index (χ2v) is 4.24. The summed E-state index contributed by atoms with van der Waals surface area (Å²) in [6.45, 7) is 5.14. The lowest BCUT2D eigenvalue weighted by molar-refractivity contribution is -0.120. The maximum absolute atomic E-state index is 11.5. The molecule has 0 bridgehead atoms. The first-order chi connectivity index (χ1) is 9.22. The van der Waals surface area contributed by atoms with Gasteiger partial charge in [-0.3, -0.25) is 9.20 Å². The molecule has 0 aliphatic rings. The van der Waals surface area contributed by atoms with E-state index in [9.17, 15) is 4.79 Å². The smallest absolute Gasteiger partial charge is 0.221 e. The molecule has 7 nitrogen and oxygen atoms in total. The summed E-state index contributed by atoms with van der Waals surface area (Å²) in [6, 6.07) is 0. The van der Waals surface area contributed by atoms with Gasteiger partial charge in [0, 0.05) is 31.9 Å². The minimum absolute atomic E-state index is 0.0407. The number of fused-ring (bicyclic) bond motifs is 1. The molecular weight excluding hydrogens is 244 g/mol. The molecule has 2 N–H and O–H groups in total. The number of hydrogen-bond donors (Lipinski definition) is 2. The molecule has 19 heavy (non-hydrogen) atoms. The van der Waals surface area contributed by atoms with Gasteiger partial charge in [0.2, 0.25) is 11.6 Å². The van der Waals surface area contributed by atoms with Crippen molar-refractivity contribution in [3.63, 3.8) is 0 Å². The third-order valence-electron chi connectivity index (χ3n) is 2.71. The van der Waals surface area contributed by atoms with E-state index in [0.717, 1.165) is 18.8 Å². The molecule has 0 aromatic carbocycles. The van der Waals surface area contributed by atoms with E-state index in [1.165, 1.54) is 0 Å². The summed E-state index contributed by atoms with van der Waals surface area (Å²) in [7, 11) is 0.